The minimum absolute atomic E-state index is 0.0712. The molecular weight excluding hydrogens is 311 g/mol. The van der Waals surface area contributed by atoms with Gasteiger partial charge in [0.05, 0.1) is 9.13 Å². The summed E-state index contributed by atoms with van der Waals surface area (Å²) in [5.74, 6) is 0. The Labute approximate surface area is 110 Å². The zero-order valence-electron chi connectivity index (χ0n) is 8.17. The zero-order valence-corrected chi connectivity index (χ0v) is 10.6. The van der Waals surface area contributed by atoms with Gasteiger partial charge in [0.25, 0.3) is 0 Å². The Morgan fingerprint density at radius 3 is 2.50 bits per heavy atom. The first-order valence-electron chi connectivity index (χ1n) is 4.19. The Hall–Kier alpha value is -1.20. The molecule has 0 N–H and O–H groups in total. The van der Waals surface area contributed by atoms with E-state index in [1.807, 2.05) is 0 Å². The molecule has 96 valence electrons. The summed E-state index contributed by atoms with van der Waals surface area (Å²) in [5, 5.41) is 15.7. The van der Waals surface area contributed by atoms with Crippen molar-refractivity contribution >= 4 is 39.4 Å². The molecule has 11 heteroatoms. The Bertz CT molecular complexity index is 580. The van der Waals surface area contributed by atoms with Gasteiger partial charge in [-0.05, 0) is 17.8 Å². The van der Waals surface area contributed by atoms with Crippen molar-refractivity contribution < 1.29 is 18.1 Å². The summed E-state index contributed by atoms with van der Waals surface area (Å²) in [7, 11) is 0. The molecule has 0 aliphatic heterocycles. The number of alkyl halides is 3. The number of nitro groups is 1. The molecule has 0 unspecified atom stereocenters. The number of hydrogen-bond acceptors (Lipinski definition) is 7. The summed E-state index contributed by atoms with van der Waals surface area (Å²) in [6, 6.07) is 2.75. The average molecular weight is 313 g/mol. The third kappa shape index (κ3) is 2.97. The molecule has 0 aromatic carbocycles. The first-order valence-corrected chi connectivity index (χ1v) is 6.64. The molecule has 5 nitrogen and oxygen atoms in total. The lowest BCUT2D eigenvalue weighted by atomic mass is 10.6. The largest absolute Gasteiger partial charge is 0.445 e. The van der Waals surface area contributed by atoms with E-state index in [4.69, 9.17) is 0 Å². The molecule has 0 atom stereocenters. The highest BCUT2D eigenvalue weighted by Crippen LogP contribution is 2.40. The Balaban J connectivity index is 2.14. The van der Waals surface area contributed by atoms with Crippen molar-refractivity contribution in [3.05, 3.63) is 27.3 Å². The molecule has 0 fully saturated rings. The fourth-order valence-corrected chi connectivity index (χ4v) is 3.79. The predicted octanol–water partition coefficient (Wildman–Crippen LogP) is 3.68. The van der Waals surface area contributed by atoms with Crippen molar-refractivity contribution in [2.75, 3.05) is 0 Å². The average Bonchev–Trinajstić information content (AvgIpc) is 2.85. The summed E-state index contributed by atoms with van der Waals surface area (Å²) >= 11 is 2.20. The van der Waals surface area contributed by atoms with Gasteiger partial charge >= 0.3 is 11.2 Å². The highest BCUT2D eigenvalue weighted by atomic mass is 32.2. The lowest BCUT2D eigenvalue weighted by Gasteiger charge is -1.97. The van der Waals surface area contributed by atoms with Gasteiger partial charge in [-0.1, -0.05) is 22.7 Å². The maximum atomic E-state index is 12.3. The standard InChI is InChI=1S/C7H2F3N3O2S3/c8-7(9,10)5-11-12-6(18-5)17-4-2-1-3(16-4)13(14)15/h1-2H. The van der Waals surface area contributed by atoms with Crippen LogP contribution in [0.1, 0.15) is 5.01 Å². The van der Waals surface area contributed by atoms with E-state index in [1.54, 1.807) is 0 Å². The molecule has 0 radical (unpaired) electrons. The molecule has 0 aliphatic rings. The smallest absolute Gasteiger partial charge is 0.258 e. The third-order valence-corrected chi connectivity index (χ3v) is 4.77. The normalized spacial score (nSPS) is 11.7. The first kappa shape index (κ1) is 13.2. The second-order valence-electron chi connectivity index (χ2n) is 2.82. The molecule has 0 aliphatic carbocycles. The van der Waals surface area contributed by atoms with Gasteiger partial charge in [0.2, 0.25) is 5.01 Å². The predicted molar refractivity (Wildman–Crippen MR) is 60.0 cm³/mol. The molecule has 0 bridgehead atoms. The monoisotopic (exact) mass is 313 g/mol. The number of thiophene rings is 1. The van der Waals surface area contributed by atoms with Crippen molar-refractivity contribution in [3.63, 3.8) is 0 Å². The van der Waals surface area contributed by atoms with E-state index in [2.05, 4.69) is 10.2 Å². The summed E-state index contributed by atoms with van der Waals surface area (Å²) in [6.45, 7) is 0. The van der Waals surface area contributed by atoms with Gasteiger partial charge in [-0.3, -0.25) is 10.1 Å². The van der Waals surface area contributed by atoms with Crippen molar-refractivity contribution in [2.24, 2.45) is 0 Å². The third-order valence-electron chi connectivity index (χ3n) is 1.58. The number of halogens is 3. The molecule has 0 saturated heterocycles. The van der Waals surface area contributed by atoms with E-state index in [9.17, 15) is 23.3 Å². The molecule has 2 rings (SSSR count). The number of rotatable bonds is 3. The van der Waals surface area contributed by atoms with Gasteiger partial charge in [0.1, 0.15) is 0 Å². The Morgan fingerprint density at radius 2 is 2.00 bits per heavy atom. The minimum atomic E-state index is -4.52. The molecule has 2 aromatic rings. The van der Waals surface area contributed by atoms with Crippen LogP contribution in [0.2, 0.25) is 0 Å². The quantitative estimate of drug-likeness (QED) is 0.638. The maximum absolute atomic E-state index is 12.3. The van der Waals surface area contributed by atoms with Crippen LogP contribution in [0, 0.1) is 10.1 Å². The van der Waals surface area contributed by atoms with Gasteiger partial charge < -0.3 is 0 Å². The van der Waals surface area contributed by atoms with Crippen LogP contribution < -0.4 is 0 Å². The molecule has 0 spiro atoms. The molecular formula is C7H2F3N3O2S3. The van der Waals surface area contributed by atoms with Crippen molar-refractivity contribution in [1.29, 1.82) is 0 Å². The highest BCUT2D eigenvalue weighted by molar-refractivity contribution is 8.02. The van der Waals surface area contributed by atoms with Crippen molar-refractivity contribution in [2.45, 2.75) is 14.7 Å². The SMILES string of the molecule is O=[N+]([O-])c1ccc(Sc2nnc(C(F)(F)F)s2)s1. The lowest BCUT2D eigenvalue weighted by molar-refractivity contribution is -0.380. The first-order chi connectivity index (χ1) is 8.36. The Kier molecular flexibility index (Phi) is 3.54. The fraction of sp³-hybridized carbons (Fsp3) is 0.143. The summed E-state index contributed by atoms with van der Waals surface area (Å²) in [4.78, 5) is 9.88. The lowest BCUT2D eigenvalue weighted by Crippen LogP contribution is -2.03. The highest BCUT2D eigenvalue weighted by Gasteiger charge is 2.35. The van der Waals surface area contributed by atoms with E-state index < -0.39 is 16.1 Å². The van der Waals surface area contributed by atoms with Crippen molar-refractivity contribution in [3.8, 4) is 0 Å². The van der Waals surface area contributed by atoms with Crippen LogP contribution in [0.15, 0.2) is 20.7 Å². The molecule has 18 heavy (non-hydrogen) atoms. The van der Waals surface area contributed by atoms with Crippen LogP contribution in [0.4, 0.5) is 18.2 Å². The van der Waals surface area contributed by atoms with Crippen LogP contribution in [-0.2, 0) is 6.18 Å². The fourth-order valence-electron chi connectivity index (χ4n) is 0.915. The van der Waals surface area contributed by atoms with E-state index in [0.29, 0.717) is 15.5 Å². The van der Waals surface area contributed by atoms with Gasteiger partial charge in [0, 0.05) is 6.07 Å². The summed E-state index contributed by atoms with van der Waals surface area (Å²) in [6.07, 6.45) is -4.52. The van der Waals surface area contributed by atoms with Gasteiger partial charge in [0.15, 0.2) is 4.34 Å². The summed E-state index contributed by atoms with van der Waals surface area (Å²) < 4.78 is 37.4. The van der Waals surface area contributed by atoms with Crippen molar-refractivity contribution in [1.82, 2.24) is 10.2 Å². The number of aromatic nitrogens is 2. The molecule has 0 amide bonds. The molecule has 2 aromatic heterocycles. The van der Waals surface area contributed by atoms with E-state index in [0.717, 1.165) is 23.1 Å². The zero-order chi connectivity index (χ0) is 13.3. The van der Waals surface area contributed by atoms with E-state index >= 15 is 0 Å². The van der Waals surface area contributed by atoms with Crippen LogP contribution in [0.3, 0.4) is 0 Å². The van der Waals surface area contributed by atoms with Crippen LogP contribution >= 0.6 is 34.4 Å². The minimum Gasteiger partial charge on any atom is -0.258 e. The van der Waals surface area contributed by atoms with Crippen LogP contribution in [0.5, 0.6) is 0 Å². The Morgan fingerprint density at radius 1 is 1.28 bits per heavy atom. The second kappa shape index (κ2) is 4.82. The number of hydrogen-bond donors (Lipinski definition) is 0. The molecule has 0 saturated carbocycles. The van der Waals surface area contributed by atoms with Gasteiger partial charge in [-0.2, -0.15) is 13.2 Å². The van der Waals surface area contributed by atoms with Crippen LogP contribution in [0.25, 0.3) is 0 Å². The van der Waals surface area contributed by atoms with E-state index in [1.165, 1.54) is 12.1 Å². The van der Waals surface area contributed by atoms with Crippen LogP contribution in [-0.4, -0.2) is 15.1 Å². The molecule has 2 heterocycles. The van der Waals surface area contributed by atoms with Gasteiger partial charge in [-0.25, -0.2) is 0 Å². The van der Waals surface area contributed by atoms with E-state index in [-0.39, 0.29) is 9.34 Å². The number of nitrogens with zero attached hydrogens (tertiary/aromatic N) is 3. The summed E-state index contributed by atoms with van der Waals surface area (Å²) in [5.41, 5.74) is 0. The topological polar surface area (TPSA) is 68.9 Å². The second-order valence-corrected chi connectivity index (χ2v) is 6.41. The van der Waals surface area contributed by atoms with Gasteiger partial charge in [-0.15, -0.1) is 10.2 Å². The maximum Gasteiger partial charge on any atom is 0.445 e.